The molecule has 0 aliphatic heterocycles. The van der Waals surface area contributed by atoms with Crippen LogP contribution in [0.25, 0.3) is 0 Å². The van der Waals surface area contributed by atoms with Crippen molar-refractivity contribution < 1.29 is 14.3 Å². The van der Waals surface area contributed by atoms with Gasteiger partial charge in [0.25, 0.3) is 5.91 Å². The molecule has 132 valence electrons. The molecule has 2 aromatic rings. The van der Waals surface area contributed by atoms with Crippen molar-refractivity contribution in [3.05, 3.63) is 71.8 Å². The molecule has 0 unspecified atom stereocenters. The van der Waals surface area contributed by atoms with Gasteiger partial charge in [0.1, 0.15) is 5.92 Å². The molecule has 1 N–H and O–H groups in total. The number of ether oxygens (including phenoxy) is 1. The van der Waals surface area contributed by atoms with Crippen LogP contribution in [0.3, 0.4) is 0 Å². The van der Waals surface area contributed by atoms with Crippen molar-refractivity contribution in [1.29, 1.82) is 0 Å². The lowest BCUT2D eigenvalue weighted by Crippen LogP contribution is -2.31. The minimum atomic E-state index is -0.536. The molecule has 0 aromatic heterocycles. The summed E-state index contributed by atoms with van der Waals surface area (Å²) < 4.78 is 5.28. The van der Waals surface area contributed by atoms with Gasteiger partial charge in [0.05, 0.1) is 0 Å². The Hall–Kier alpha value is -2.62. The maximum atomic E-state index is 12.6. The van der Waals surface area contributed by atoms with E-state index in [1.54, 1.807) is 0 Å². The molecule has 0 heterocycles. The van der Waals surface area contributed by atoms with E-state index in [4.69, 9.17) is 4.74 Å². The largest absolute Gasteiger partial charge is 0.455 e. The van der Waals surface area contributed by atoms with Gasteiger partial charge in [0, 0.05) is 6.54 Å². The topological polar surface area (TPSA) is 55.4 Å². The third-order valence-corrected chi connectivity index (χ3v) is 3.89. The number of amides is 1. The number of hydrogen-bond donors (Lipinski definition) is 1. The van der Waals surface area contributed by atoms with Crippen molar-refractivity contribution >= 4 is 11.9 Å². The number of hydrogen-bond acceptors (Lipinski definition) is 3. The van der Waals surface area contributed by atoms with Gasteiger partial charge in [-0.15, -0.1) is 0 Å². The van der Waals surface area contributed by atoms with Gasteiger partial charge in [0.15, 0.2) is 6.61 Å². The van der Waals surface area contributed by atoms with Crippen LogP contribution < -0.4 is 5.32 Å². The predicted octanol–water partition coefficient (Wildman–Crippen LogP) is 3.52. The number of esters is 1. The maximum absolute atomic E-state index is 12.6. The molecule has 4 heteroatoms. The van der Waals surface area contributed by atoms with Crippen molar-refractivity contribution in [2.75, 3.05) is 13.2 Å². The lowest BCUT2D eigenvalue weighted by molar-refractivity contribution is -0.149. The Morgan fingerprint density at radius 3 is 1.92 bits per heavy atom. The van der Waals surface area contributed by atoms with Crippen LogP contribution in [0.1, 0.15) is 37.3 Å². The number of nitrogens with one attached hydrogen (secondary N) is 1. The summed E-state index contributed by atoms with van der Waals surface area (Å²) in [4.78, 5) is 24.5. The minimum absolute atomic E-state index is 0.257. The summed E-state index contributed by atoms with van der Waals surface area (Å²) in [6, 6.07) is 18.9. The van der Waals surface area contributed by atoms with Crippen LogP contribution in [-0.4, -0.2) is 25.0 Å². The summed E-state index contributed by atoms with van der Waals surface area (Å²) in [7, 11) is 0. The average Bonchev–Trinajstić information content (AvgIpc) is 2.62. The van der Waals surface area contributed by atoms with Crippen LogP contribution in [0.15, 0.2) is 60.7 Å². The molecular weight excluding hydrogens is 314 g/mol. The fraction of sp³-hybridized carbons (Fsp3) is 0.333. The van der Waals surface area contributed by atoms with Crippen LogP contribution in [0.2, 0.25) is 0 Å². The Bertz CT molecular complexity index is 629. The quantitative estimate of drug-likeness (QED) is 0.749. The van der Waals surface area contributed by atoms with Gasteiger partial charge in [-0.3, -0.25) is 9.59 Å². The van der Waals surface area contributed by atoms with Crippen LogP contribution in [-0.2, 0) is 14.3 Å². The average molecular weight is 339 g/mol. The summed E-state index contributed by atoms with van der Waals surface area (Å²) >= 11 is 0. The first-order chi connectivity index (χ1) is 12.1. The molecule has 4 nitrogen and oxygen atoms in total. The summed E-state index contributed by atoms with van der Waals surface area (Å²) in [5, 5.41) is 2.77. The number of benzene rings is 2. The highest BCUT2D eigenvalue weighted by Crippen LogP contribution is 2.25. The van der Waals surface area contributed by atoms with E-state index in [-0.39, 0.29) is 12.5 Å². The van der Waals surface area contributed by atoms with E-state index in [2.05, 4.69) is 19.2 Å². The lowest BCUT2D eigenvalue weighted by Gasteiger charge is -2.17. The molecular formula is C21H25NO3. The van der Waals surface area contributed by atoms with Crippen molar-refractivity contribution in [2.24, 2.45) is 5.92 Å². The third-order valence-electron chi connectivity index (χ3n) is 3.89. The first-order valence-corrected chi connectivity index (χ1v) is 8.61. The van der Waals surface area contributed by atoms with Gasteiger partial charge in [-0.1, -0.05) is 74.5 Å². The number of carbonyl (C=O) groups is 2. The van der Waals surface area contributed by atoms with Crippen LogP contribution in [0, 0.1) is 5.92 Å². The van der Waals surface area contributed by atoms with Crippen molar-refractivity contribution in [1.82, 2.24) is 5.32 Å². The first-order valence-electron chi connectivity index (χ1n) is 8.61. The Balaban J connectivity index is 2.01. The molecule has 0 saturated carbocycles. The Morgan fingerprint density at radius 1 is 0.920 bits per heavy atom. The van der Waals surface area contributed by atoms with Crippen molar-refractivity contribution in [2.45, 2.75) is 26.2 Å². The minimum Gasteiger partial charge on any atom is -0.455 e. The molecule has 0 bridgehead atoms. The van der Waals surface area contributed by atoms with Gasteiger partial charge in [-0.25, -0.2) is 0 Å². The van der Waals surface area contributed by atoms with E-state index in [0.29, 0.717) is 12.5 Å². The van der Waals surface area contributed by atoms with E-state index in [0.717, 1.165) is 17.5 Å². The van der Waals surface area contributed by atoms with E-state index >= 15 is 0 Å². The number of carbonyl (C=O) groups excluding carboxylic acids is 2. The fourth-order valence-electron chi connectivity index (χ4n) is 2.53. The van der Waals surface area contributed by atoms with E-state index in [9.17, 15) is 9.59 Å². The van der Waals surface area contributed by atoms with E-state index in [1.807, 2.05) is 60.7 Å². The van der Waals surface area contributed by atoms with Crippen molar-refractivity contribution in [3.8, 4) is 0 Å². The Morgan fingerprint density at radius 2 is 1.44 bits per heavy atom. The molecule has 25 heavy (non-hydrogen) atoms. The maximum Gasteiger partial charge on any atom is 0.318 e. The summed E-state index contributed by atoms with van der Waals surface area (Å²) in [5.41, 5.74) is 1.69. The van der Waals surface area contributed by atoms with Crippen molar-refractivity contribution in [3.63, 3.8) is 0 Å². The highest BCUT2D eigenvalue weighted by Gasteiger charge is 2.24. The molecule has 0 saturated heterocycles. The molecule has 1 amide bonds. The molecule has 0 fully saturated rings. The SMILES string of the molecule is CC(C)CCNC(=O)COC(=O)C(c1ccccc1)c1ccccc1. The normalized spacial score (nSPS) is 10.7. The second kappa shape index (κ2) is 9.62. The van der Waals surface area contributed by atoms with E-state index < -0.39 is 11.9 Å². The molecule has 0 aliphatic carbocycles. The summed E-state index contributed by atoms with van der Waals surface area (Å²) in [6.45, 7) is 4.52. The number of rotatable bonds is 8. The van der Waals surface area contributed by atoms with Gasteiger partial charge in [-0.2, -0.15) is 0 Å². The van der Waals surface area contributed by atoms with Gasteiger partial charge in [0.2, 0.25) is 0 Å². The molecule has 0 spiro atoms. The fourth-order valence-corrected chi connectivity index (χ4v) is 2.53. The first kappa shape index (κ1) is 18.7. The van der Waals surface area contributed by atoms with Crippen LogP contribution >= 0.6 is 0 Å². The molecule has 0 atom stereocenters. The molecule has 0 radical (unpaired) electrons. The second-order valence-corrected chi connectivity index (χ2v) is 6.39. The zero-order valence-electron chi connectivity index (χ0n) is 14.8. The zero-order chi connectivity index (χ0) is 18.1. The summed E-state index contributed by atoms with van der Waals surface area (Å²) in [6.07, 6.45) is 0.899. The highest BCUT2D eigenvalue weighted by atomic mass is 16.5. The van der Waals surface area contributed by atoms with Gasteiger partial charge >= 0.3 is 5.97 Å². The Labute approximate surface area is 149 Å². The monoisotopic (exact) mass is 339 g/mol. The molecule has 0 aliphatic rings. The predicted molar refractivity (Wildman–Crippen MR) is 98.2 cm³/mol. The second-order valence-electron chi connectivity index (χ2n) is 6.39. The Kier molecular flexibility index (Phi) is 7.20. The highest BCUT2D eigenvalue weighted by molar-refractivity contribution is 5.85. The molecule has 2 aromatic carbocycles. The third kappa shape index (κ3) is 6.07. The van der Waals surface area contributed by atoms with Gasteiger partial charge in [-0.05, 0) is 23.5 Å². The smallest absolute Gasteiger partial charge is 0.318 e. The lowest BCUT2D eigenvalue weighted by atomic mass is 9.91. The summed E-state index contributed by atoms with van der Waals surface area (Å²) in [5.74, 6) is -0.709. The zero-order valence-corrected chi connectivity index (χ0v) is 14.8. The molecule has 2 rings (SSSR count). The van der Waals surface area contributed by atoms with Gasteiger partial charge < -0.3 is 10.1 Å². The standard InChI is InChI=1S/C21H25NO3/c1-16(2)13-14-22-19(23)15-25-21(24)20(17-9-5-3-6-10-17)18-11-7-4-8-12-18/h3-12,16,20H,13-15H2,1-2H3,(H,22,23). The van der Waals surface area contributed by atoms with Crippen LogP contribution in [0.5, 0.6) is 0 Å². The van der Waals surface area contributed by atoms with Crippen LogP contribution in [0.4, 0.5) is 0 Å². The van der Waals surface area contributed by atoms with E-state index in [1.165, 1.54) is 0 Å².